The standard InChI is InChI=1S/C17H29N3O2/c1-11(2)16(21)18-15-8-12(17(15,3)4)7-13-9-14(22-19-13)10-20(5)6/h9,11-12,15H,7-8,10H2,1-6H3,(H,18,21)/t12-,15+/m1/s1. The molecule has 0 bridgehead atoms. The van der Waals surface area contributed by atoms with Gasteiger partial charge in [-0.25, -0.2) is 0 Å². The lowest BCUT2D eigenvalue weighted by Crippen LogP contribution is -2.59. The molecule has 1 amide bonds. The number of amides is 1. The number of nitrogens with one attached hydrogen (secondary N) is 1. The summed E-state index contributed by atoms with van der Waals surface area (Å²) < 4.78 is 5.37. The van der Waals surface area contributed by atoms with Crippen LogP contribution in [0.2, 0.25) is 0 Å². The Kier molecular flexibility index (Phi) is 4.95. The van der Waals surface area contributed by atoms with Crippen LogP contribution in [0.15, 0.2) is 10.6 Å². The van der Waals surface area contributed by atoms with Gasteiger partial charge in [-0.3, -0.25) is 4.79 Å². The van der Waals surface area contributed by atoms with E-state index < -0.39 is 0 Å². The predicted molar refractivity (Wildman–Crippen MR) is 86.3 cm³/mol. The summed E-state index contributed by atoms with van der Waals surface area (Å²) >= 11 is 0. The minimum Gasteiger partial charge on any atom is -0.360 e. The molecule has 0 radical (unpaired) electrons. The van der Waals surface area contributed by atoms with Crippen molar-refractivity contribution in [2.75, 3.05) is 14.1 Å². The first-order valence-corrected chi connectivity index (χ1v) is 8.09. The van der Waals surface area contributed by atoms with E-state index in [1.165, 1.54) is 0 Å². The molecule has 0 spiro atoms. The van der Waals surface area contributed by atoms with E-state index in [2.05, 4.69) is 35.3 Å². The van der Waals surface area contributed by atoms with E-state index in [1.54, 1.807) is 0 Å². The van der Waals surface area contributed by atoms with Crippen LogP contribution in [0.5, 0.6) is 0 Å². The Morgan fingerprint density at radius 3 is 2.73 bits per heavy atom. The van der Waals surface area contributed by atoms with Crippen LogP contribution in [0, 0.1) is 17.3 Å². The van der Waals surface area contributed by atoms with E-state index in [0.29, 0.717) is 5.92 Å². The Morgan fingerprint density at radius 1 is 1.50 bits per heavy atom. The van der Waals surface area contributed by atoms with Crippen molar-refractivity contribution in [3.8, 4) is 0 Å². The summed E-state index contributed by atoms with van der Waals surface area (Å²) in [6.45, 7) is 9.09. The van der Waals surface area contributed by atoms with Gasteiger partial charge in [0.25, 0.3) is 0 Å². The molecule has 1 aliphatic carbocycles. The molecule has 0 aliphatic heterocycles. The van der Waals surface area contributed by atoms with Gasteiger partial charge in [0.1, 0.15) is 0 Å². The molecular formula is C17H29N3O2. The Hall–Kier alpha value is -1.36. The molecule has 1 aromatic heterocycles. The molecule has 1 aromatic rings. The SMILES string of the molecule is CC(C)C(=O)N[C@H]1C[C@@H](Cc2cc(CN(C)C)on2)C1(C)C. The van der Waals surface area contributed by atoms with Gasteiger partial charge < -0.3 is 14.7 Å². The summed E-state index contributed by atoms with van der Waals surface area (Å²) in [6.07, 6.45) is 1.93. The number of hydrogen-bond donors (Lipinski definition) is 1. The Labute approximate surface area is 133 Å². The Bertz CT molecular complexity index is 520. The third kappa shape index (κ3) is 3.69. The zero-order chi connectivity index (χ0) is 16.5. The van der Waals surface area contributed by atoms with Crippen LogP contribution in [0.1, 0.15) is 45.6 Å². The third-order valence-corrected chi connectivity index (χ3v) is 4.85. The van der Waals surface area contributed by atoms with Crippen LogP contribution in [-0.4, -0.2) is 36.1 Å². The van der Waals surface area contributed by atoms with Crippen LogP contribution in [0.4, 0.5) is 0 Å². The maximum Gasteiger partial charge on any atom is 0.222 e. The second-order valence-corrected chi connectivity index (χ2v) is 7.70. The summed E-state index contributed by atoms with van der Waals surface area (Å²) in [5.41, 5.74) is 1.12. The fourth-order valence-corrected chi connectivity index (χ4v) is 3.04. The van der Waals surface area contributed by atoms with Crippen LogP contribution in [0.25, 0.3) is 0 Å². The molecule has 1 N–H and O–H groups in total. The lowest BCUT2D eigenvalue weighted by molar-refractivity contribution is -0.128. The minimum absolute atomic E-state index is 0.0407. The van der Waals surface area contributed by atoms with Gasteiger partial charge in [-0.05, 0) is 38.3 Å². The lowest BCUT2D eigenvalue weighted by Gasteiger charge is -2.52. The van der Waals surface area contributed by atoms with Gasteiger partial charge in [0.15, 0.2) is 5.76 Å². The van der Waals surface area contributed by atoms with Gasteiger partial charge in [-0.2, -0.15) is 0 Å². The Balaban J connectivity index is 1.90. The number of carbonyl (C=O) groups excluding carboxylic acids is 1. The van der Waals surface area contributed by atoms with E-state index in [-0.39, 0.29) is 23.3 Å². The first kappa shape index (κ1) is 17.0. The smallest absolute Gasteiger partial charge is 0.222 e. The Morgan fingerprint density at radius 2 is 2.18 bits per heavy atom. The number of carbonyl (C=O) groups is 1. The summed E-state index contributed by atoms with van der Waals surface area (Å²) in [4.78, 5) is 13.9. The van der Waals surface area contributed by atoms with Crippen molar-refractivity contribution in [2.45, 2.75) is 53.1 Å². The lowest BCUT2D eigenvalue weighted by atomic mass is 9.57. The molecular weight excluding hydrogens is 278 g/mol. The molecule has 22 heavy (non-hydrogen) atoms. The normalized spacial score (nSPS) is 23.6. The van der Waals surface area contributed by atoms with Crippen molar-refractivity contribution in [3.63, 3.8) is 0 Å². The van der Waals surface area contributed by atoms with Crippen molar-refractivity contribution in [3.05, 3.63) is 17.5 Å². The third-order valence-electron chi connectivity index (χ3n) is 4.85. The molecule has 1 aliphatic rings. The van der Waals surface area contributed by atoms with Gasteiger partial charge in [-0.15, -0.1) is 0 Å². The quantitative estimate of drug-likeness (QED) is 0.877. The molecule has 5 heteroatoms. The molecule has 0 unspecified atom stereocenters. The van der Waals surface area contributed by atoms with Crippen LogP contribution in [0.3, 0.4) is 0 Å². The zero-order valence-corrected chi connectivity index (χ0v) is 14.6. The topological polar surface area (TPSA) is 58.4 Å². The zero-order valence-electron chi connectivity index (χ0n) is 14.6. The molecule has 0 saturated heterocycles. The van der Waals surface area contributed by atoms with Gasteiger partial charge in [0.05, 0.1) is 12.2 Å². The second kappa shape index (κ2) is 6.41. The monoisotopic (exact) mass is 307 g/mol. The highest BCUT2D eigenvalue weighted by molar-refractivity contribution is 5.78. The van der Waals surface area contributed by atoms with Gasteiger partial charge in [0.2, 0.25) is 5.91 Å². The maximum absolute atomic E-state index is 11.9. The maximum atomic E-state index is 11.9. The summed E-state index contributed by atoms with van der Waals surface area (Å²) in [6, 6.07) is 2.32. The summed E-state index contributed by atoms with van der Waals surface area (Å²) in [7, 11) is 4.03. The summed E-state index contributed by atoms with van der Waals surface area (Å²) in [5.74, 6) is 1.62. The van der Waals surface area contributed by atoms with Crippen molar-refractivity contribution in [1.82, 2.24) is 15.4 Å². The van der Waals surface area contributed by atoms with E-state index in [4.69, 9.17) is 4.52 Å². The molecule has 1 heterocycles. The van der Waals surface area contributed by atoms with E-state index in [0.717, 1.165) is 30.8 Å². The molecule has 2 rings (SSSR count). The second-order valence-electron chi connectivity index (χ2n) is 7.70. The van der Waals surface area contributed by atoms with Crippen LogP contribution in [-0.2, 0) is 17.8 Å². The number of rotatable bonds is 6. The molecule has 2 atom stereocenters. The molecule has 5 nitrogen and oxygen atoms in total. The molecule has 1 saturated carbocycles. The number of aromatic nitrogens is 1. The fraction of sp³-hybridized carbons (Fsp3) is 0.765. The van der Waals surface area contributed by atoms with Crippen molar-refractivity contribution >= 4 is 5.91 Å². The van der Waals surface area contributed by atoms with Crippen molar-refractivity contribution in [1.29, 1.82) is 0 Å². The summed E-state index contributed by atoms with van der Waals surface area (Å²) in [5, 5.41) is 7.35. The molecule has 124 valence electrons. The highest BCUT2D eigenvalue weighted by Gasteiger charge is 2.48. The minimum atomic E-state index is 0.0407. The average molecular weight is 307 g/mol. The van der Waals surface area contributed by atoms with Crippen molar-refractivity contribution in [2.24, 2.45) is 17.3 Å². The largest absolute Gasteiger partial charge is 0.360 e. The predicted octanol–water partition coefficient (Wildman–Crippen LogP) is 2.47. The average Bonchev–Trinajstić information content (AvgIpc) is 2.83. The number of nitrogens with zero attached hydrogens (tertiary/aromatic N) is 2. The van der Waals surface area contributed by atoms with Gasteiger partial charge in [0, 0.05) is 18.0 Å². The fourth-order valence-electron chi connectivity index (χ4n) is 3.04. The van der Waals surface area contributed by atoms with E-state index >= 15 is 0 Å². The van der Waals surface area contributed by atoms with Crippen LogP contribution >= 0.6 is 0 Å². The highest BCUT2D eigenvalue weighted by atomic mass is 16.5. The van der Waals surface area contributed by atoms with Gasteiger partial charge >= 0.3 is 0 Å². The first-order chi connectivity index (χ1) is 10.2. The first-order valence-electron chi connectivity index (χ1n) is 8.09. The van der Waals surface area contributed by atoms with E-state index in [1.807, 2.05) is 27.9 Å². The van der Waals surface area contributed by atoms with Gasteiger partial charge in [-0.1, -0.05) is 32.9 Å². The van der Waals surface area contributed by atoms with E-state index in [9.17, 15) is 4.79 Å². The highest BCUT2D eigenvalue weighted by Crippen LogP contribution is 2.47. The number of hydrogen-bond acceptors (Lipinski definition) is 4. The van der Waals surface area contributed by atoms with Crippen molar-refractivity contribution < 1.29 is 9.32 Å². The molecule has 0 aromatic carbocycles. The molecule has 1 fully saturated rings. The van der Waals surface area contributed by atoms with Crippen LogP contribution < -0.4 is 5.32 Å².